The van der Waals surface area contributed by atoms with E-state index < -0.39 is 49.5 Å². The lowest BCUT2D eigenvalue weighted by atomic mass is 9.99. The molecule has 1 saturated heterocycles. The fourth-order valence-electron chi connectivity index (χ4n) is 4.69. The highest BCUT2D eigenvalue weighted by Gasteiger charge is 2.44. The predicted molar refractivity (Wildman–Crippen MR) is 184 cm³/mol. The Labute approximate surface area is 277 Å². The molecule has 0 radical (unpaired) electrons. The molecule has 0 aromatic rings. The first-order valence-electron chi connectivity index (χ1n) is 17.2. The highest BCUT2D eigenvalue weighted by molar-refractivity contribution is 5.76. The van der Waals surface area contributed by atoms with Crippen LogP contribution in [0.3, 0.4) is 0 Å². The monoisotopic (exact) mass is 647 g/mol. The fraction of sp³-hybridized carbons (Fsp3) is 0.649. The van der Waals surface area contributed by atoms with E-state index in [2.05, 4.69) is 79.9 Å². The Morgan fingerprint density at radius 2 is 1.35 bits per heavy atom. The molecule has 1 aliphatic heterocycles. The third kappa shape index (κ3) is 19.3. The van der Waals surface area contributed by atoms with Gasteiger partial charge in [0.1, 0.15) is 24.4 Å². The number of unbranched alkanes of at least 4 members (excludes halogenated alkanes) is 5. The SMILES string of the molecule is CC/C=C\C/C=C\C/C=C\C/C=C\C/C=C\CCCCCC(=O)NC(COC1OC(CO)C(O)C(O)C1O)C(O)/C=C/CCCC. The average molecular weight is 648 g/mol. The Morgan fingerprint density at radius 1 is 0.761 bits per heavy atom. The van der Waals surface area contributed by atoms with E-state index in [1.54, 1.807) is 6.08 Å². The van der Waals surface area contributed by atoms with Gasteiger partial charge in [-0.3, -0.25) is 4.79 Å². The molecule has 262 valence electrons. The Balaban J connectivity index is 2.36. The minimum Gasteiger partial charge on any atom is -0.394 e. The molecule has 1 rings (SSSR count). The van der Waals surface area contributed by atoms with Crippen LogP contribution in [0.5, 0.6) is 0 Å². The molecule has 1 fully saturated rings. The molecule has 7 atom stereocenters. The van der Waals surface area contributed by atoms with Crippen molar-refractivity contribution in [2.45, 2.75) is 140 Å². The van der Waals surface area contributed by atoms with Crippen LogP contribution >= 0.6 is 0 Å². The molecular weight excluding hydrogens is 586 g/mol. The minimum absolute atomic E-state index is 0.211. The summed E-state index contributed by atoms with van der Waals surface area (Å²) in [5.74, 6) is -0.224. The molecule has 1 aliphatic rings. The number of carbonyl (C=O) groups is 1. The van der Waals surface area contributed by atoms with E-state index >= 15 is 0 Å². The van der Waals surface area contributed by atoms with Crippen LogP contribution in [0.4, 0.5) is 0 Å². The quantitative estimate of drug-likeness (QED) is 0.0593. The lowest BCUT2D eigenvalue weighted by molar-refractivity contribution is -0.302. The maximum Gasteiger partial charge on any atom is 0.220 e. The summed E-state index contributed by atoms with van der Waals surface area (Å²) < 4.78 is 11.0. The van der Waals surface area contributed by atoms with Crippen molar-refractivity contribution in [1.82, 2.24) is 5.32 Å². The fourth-order valence-corrected chi connectivity index (χ4v) is 4.69. The van der Waals surface area contributed by atoms with Gasteiger partial charge in [0.2, 0.25) is 5.91 Å². The van der Waals surface area contributed by atoms with Crippen molar-refractivity contribution in [1.29, 1.82) is 0 Å². The first-order valence-corrected chi connectivity index (χ1v) is 17.2. The van der Waals surface area contributed by atoms with Crippen LogP contribution in [0, 0.1) is 0 Å². The number of aliphatic hydroxyl groups is 5. The van der Waals surface area contributed by atoms with Crippen molar-refractivity contribution in [3.63, 3.8) is 0 Å². The summed E-state index contributed by atoms with van der Waals surface area (Å²) in [5, 5.41) is 53.2. The van der Waals surface area contributed by atoms with Crippen LogP contribution in [-0.2, 0) is 14.3 Å². The third-order valence-electron chi connectivity index (χ3n) is 7.54. The molecule has 9 heteroatoms. The summed E-state index contributed by atoms with van der Waals surface area (Å²) in [7, 11) is 0. The van der Waals surface area contributed by atoms with Crippen LogP contribution in [-0.4, -0.2) is 87.5 Å². The molecule has 0 aliphatic carbocycles. The smallest absolute Gasteiger partial charge is 0.220 e. The maximum absolute atomic E-state index is 12.7. The van der Waals surface area contributed by atoms with Crippen molar-refractivity contribution in [2.75, 3.05) is 13.2 Å². The molecule has 9 nitrogen and oxygen atoms in total. The van der Waals surface area contributed by atoms with E-state index in [1.807, 2.05) is 6.08 Å². The van der Waals surface area contributed by atoms with Gasteiger partial charge < -0.3 is 40.3 Å². The Hall–Kier alpha value is -2.37. The second kappa shape index (κ2) is 27.7. The van der Waals surface area contributed by atoms with Crippen LogP contribution < -0.4 is 5.32 Å². The van der Waals surface area contributed by atoms with Gasteiger partial charge in [0.05, 0.1) is 25.4 Å². The number of carbonyl (C=O) groups excluding carboxylic acids is 1. The molecule has 1 heterocycles. The lowest BCUT2D eigenvalue weighted by Crippen LogP contribution is -2.60. The van der Waals surface area contributed by atoms with Crippen molar-refractivity contribution in [3.8, 4) is 0 Å². The van der Waals surface area contributed by atoms with E-state index in [-0.39, 0.29) is 12.5 Å². The van der Waals surface area contributed by atoms with Crippen LogP contribution in [0.25, 0.3) is 0 Å². The van der Waals surface area contributed by atoms with Crippen molar-refractivity contribution in [3.05, 3.63) is 72.9 Å². The van der Waals surface area contributed by atoms with E-state index in [0.717, 1.165) is 70.6 Å². The summed E-state index contributed by atoms with van der Waals surface area (Å²) in [4.78, 5) is 12.7. The van der Waals surface area contributed by atoms with Gasteiger partial charge in [-0.15, -0.1) is 0 Å². The minimum atomic E-state index is -1.57. The lowest BCUT2D eigenvalue weighted by Gasteiger charge is -2.40. The molecule has 0 saturated carbocycles. The molecular formula is C37H61NO8. The van der Waals surface area contributed by atoms with Gasteiger partial charge >= 0.3 is 0 Å². The summed E-state index contributed by atoms with van der Waals surface area (Å²) in [6, 6.07) is -0.820. The number of amides is 1. The van der Waals surface area contributed by atoms with Crippen LogP contribution in [0.2, 0.25) is 0 Å². The number of aliphatic hydroxyl groups excluding tert-OH is 5. The first-order chi connectivity index (χ1) is 22.3. The highest BCUT2D eigenvalue weighted by atomic mass is 16.7. The van der Waals surface area contributed by atoms with Gasteiger partial charge in [-0.05, 0) is 57.8 Å². The number of nitrogens with one attached hydrogen (secondary N) is 1. The van der Waals surface area contributed by atoms with Gasteiger partial charge in [0, 0.05) is 6.42 Å². The van der Waals surface area contributed by atoms with Gasteiger partial charge in [-0.25, -0.2) is 0 Å². The van der Waals surface area contributed by atoms with Crippen molar-refractivity contribution < 1.29 is 39.8 Å². The average Bonchev–Trinajstić information content (AvgIpc) is 3.05. The summed E-state index contributed by atoms with van der Waals surface area (Å²) >= 11 is 0. The molecule has 6 N–H and O–H groups in total. The number of allylic oxidation sites excluding steroid dienone is 11. The normalized spacial score (nSPS) is 24.0. The van der Waals surface area contributed by atoms with Gasteiger partial charge in [-0.1, -0.05) is 106 Å². The molecule has 0 aromatic heterocycles. The second-order valence-electron chi connectivity index (χ2n) is 11.6. The summed E-state index contributed by atoms with van der Waals surface area (Å²) in [6.45, 7) is 3.43. The number of hydrogen-bond donors (Lipinski definition) is 6. The Kier molecular flexibility index (Phi) is 25.1. The van der Waals surface area contributed by atoms with Gasteiger partial charge in [0.25, 0.3) is 0 Å². The van der Waals surface area contributed by atoms with Crippen LogP contribution in [0.15, 0.2) is 72.9 Å². The molecule has 46 heavy (non-hydrogen) atoms. The first kappa shape index (κ1) is 41.7. The van der Waals surface area contributed by atoms with E-state index in [1.165, 1.54) is 0 Å². The molecule has 1 amide bonds. The van der Waals surface area contributed by atoms with E-state index in [9.17, 15) is 30.3 Å². The third-order valence-corrected chi connectivity index (χ3v) is 7.54. The maximum atomic E-state index is 12.7. The van der Waals surface area contributed by atoms with Crippen molar-refractivity contribution >= 4 is 5.91 Å². The zero-order valence-corrected chi connectivity index (χ0v) is 28.0. The topological polar surface area (TPSA) is 149 Å². The Bertz CT molecular complexity index is 942. The molecule has 0 bridgehead atoms. The predicted octanol–water partition coefficient (Wildman–Crippen LogP) is 5.10. The summed E-state index contributed by atoms with van der Waals surface area (Å²) in [6.07, 6.45) is 28.7. The van der Waals surface area contributed by atoms with E-state index in [4.69, 9.17) is 9.47 Å². The molecule has 0 aromatic carbocycles. The number of hydrogen-bond acceptors (Lipinski definition) is 8. The Morgan fingerprint density at radius 3 is 1.93 bits per heavy atom. The zero-order chi connectivity index (χ0) is 33.8. The highest BCUT2D eigenvalue weighted by Crippen LogP contribution is 2.22. The summed E-state index contributed by atoms with van der Waals surface area (Å²) in [5.41, 5.74) is 0. The van der Waals surface area contributed by atoms with Gasteiger partial charge in [-0.2, -0.15) is 0 Å². The number of ether oxygens (including phenoxy) is 2. The molecule has 0 spiro atoms. The largest absolute Gasteiger partial charge is 0.394 e. The van der Waals surface area contributed by atoms with Gasteiger partial charge in [0.15, 0.2) is 6.29 Å². The van der Waals surface area contributed by atoms with Crippen LogP contribution in [0.1, 0.15) is 97.3 Å². The standard InChI is InChI=1S/C37H61NO8/c1-3-5-7-9-10-11-12-13-14-15-16-17-18-19-20-21-22-23-25-27-33(41)38-30(31(40)26-24-8-6-4-2)29-45-37-36(44)35(43)34(42)32(28-39)46-37/h5,7,10-11,13-14,16-17,19-20,24,26,30-32,34-37,39-40,42-44H,3-4,6,8-9,12,15,18,21-23,25,27-29H2,1-2H3,(H,38,41)/b7-5-,11-10-,14-13-,17-16-,20-19-,26-24+. The zero-order valence-electron chi connectivity index (χ0n) is 28.0. The van der Waals surface area contributed by atoms with E-state index in [0.29, 0.717) is 12.8 Å². The van der Waals surface area contributed by atoms with Crippen molar-refractivity contribution in [2.24, 2.45) is 0 Å². The number of rotatable bonds is 25. The molecule has 7 unspecified atom stereocenters. The second-order valence-corrected chi connectivity index (χ2v) is 11.6.